The summed E-state index contributed by atoms with van der Waals surface area (Å²) in [4.78, 5) is 16.8. The zero-order chi connectivity index (χ0) is 26.6. The molecule has 2 heterocycles. The molecule has 1 amide bonds. The Morgan fingerprint density at radius 3 is 2.42 bits per heavy atom. The summed E-state index contributed by atoms with van der Waals surface area (Å²) in [5, 5.41) is 14.1. The van der Waals surface area contributed by atoms with Crippen LogP contribution in [0.5, 0.6) is 28.7 Å². The van der Waals surface area contributed by atoms with E-state index in [1.54, 1.807) is 27.4 Å². The predicted octanol–water partition coefficient (Wildman–Crippen LogP) is 3.97. The van der Waals surface area contributed by atoms with Crippen molar-refractivity contribution < 1.29 is 33.6 Å². The van der Waals surface area contributed by atoms with E-state index in [1.807, 2.05) is 48.7 Å². The van der Waals surface area contributed by atoms with Gasteiger partial charge in [-0.1, -0.05) is 18.2 Å². The number of para-hydroxylation sites is 1. The summed E-state index contributed by atoms with van der Waals surface area (Å²) in [6, 6.07) is 14.6. The maximum absolute atomic E-state index is 13.6. The van der Waals surface area contributed by atoms with Gasteiger partial charge in [0.05, 0.1) is 39.5 Å². The molecular weight excluding hydrogens is 488 g/mol. The lowest BCUT2D eigenvalue weighted by Crippen LogP contribution is -2.39. The van der Waals surface area contributed by atoms with Crippen LogP contribution in [0.1, 0.15) is 15.9 Å². The summed E-state index contributed by atoms with van der Waals surface area (Å²) >= 11 is 0. The number of rotatable bonds is 9. The van der Waals surface area contributed by atoms with E-state index in [0.717, 1.165) is 22.0 Å². The standard InChI is InChI=1S/C29H30N2O7/c1-34-24-12-18(13-25(35-2)28(24)36-3)17-11-22(27-26(14-17)37-8-9-38-27)29(33)31-20(16-32)10-19-15-30-23-7-5-4-6-21(19)23/h4-7,11-15,20,30,32H,8-10,16H2,1-3H3,(H,31,33)/t20-/m1/s1. The van der Waals surface area contributed by atoms with E-state index in [0.29, 0.717) is 59.5 Å². The summed E-state index contributed by atoms with van der Waals surface area (Å²) in [5.74, 6) is 1.90. The van der Waals surface area contributed by atoms with Crippen molar-refractivity contribution in [3.05, 3.63) is 65.9 Å². The molecule has 0 saturated heterocycles. The van der Waals surface area contributed by atoms with Crippen molar-refractivity contribution in [3.8, 4) is 39.9 Å². The first-order valence-electron chi connectivity index (χ1n) is 12.3. The topological polar surface area (TPSA) is 111 Å². The number of methoxy groups -OCH3 is 3. The molecule has 1 aromatic heterocycles. The second-order valence-electron chi connectivity index (χ2n) is 8.88. The SMILES string of the molecule is COc1cc(-c2cc3c(c(C(=O)N[C@@H](CO)Cc4c[nH]c5ccccc45)c2)OCCO3)cc(OC)c1OC. The normalized spacial score (nSPS) is 13.2. The highest BCUT2D eigenvalue weighted by Crippen LogP contribution is 2.44. The lowest BCUT2D eigenvalue weighted by Gasteiger charge is -2.23. The fraction of sp³-hybridized carbons (Fsp3) is 0.276. The molecule has 1 aliphatic rings. The number of ether oxygens (including phenoxy) is 5. The quantitative estimate of drug-likeness (QED) is 0.308. The van der Waals surface area contributed by atoms with Gasteiger partial charge in [-0.25, -0.2) is 0 Å². The van der Waals surface area contributed by atoms with Gasteiger partial charge in [0, 0.05) is 17.1 Å². The molecule has 0 radical (unpaired) electrons. The van der Waals surface area contributed by atoms with Gasteiger partial charge >= 0.3 is 0 Å². The van der Waals surface area contributed by atoms with Gasteiger partial charge in [0.25, 0.3) is 5.91 Å². The highest BCUT2D eigenvalue weighted by Gasteiger charge is 2.25. The molecule has 9 heteroatoms. The summed E-state index contributed by atoms with van der Waals surface area (Å²) in [6.45, 7) is 0.472. The minimum absolute atomic E-state index is 0.225. The first-order chi connectivity index (χ1) is 18.6. The number of carbonyl (C=O) groups is 1. The lowest BCUT2D eigenvalue weighted by atomic mass is 9.99. The van der Waals surface area contributed by atoms with Crippen molar-refractivity contribution in [2.45, 2.75) is 12.5 Å². The minimum atomic E-state index is -0.508. The number of H-pyrrole nitrogens is 1. The number of carbonyl (C=O) groups excluding carboxylic acids is 1. The Hall–Kier alpha value is -4.37. The molecule has 0 saturated carbocycles. The molecule has 38 heavy (non-hydrogen) atoms. The van der Waals surface area contributed by atoms with E-state index in [4.69, 9.17) is 23.7 Å². The number of fused-ring (bicyclic) bond motifs is 2. The predicted molar refractivity (Wildman–Crippen MR) is 143 cm³/mol. The number of amides is 1. The zero-order valence-electron chi connectivity index (χ0n) is 21.5. The van der Waals surface area contributed by atoms with Crippen molar-refractivity contribution in [1.82, 2.24) is 10.3 Å². The van der Waals surface area contributed by atoms with Crippen LogP contribution >= 0.6 is 0 Å². The molecular formula is C29H30N2O7. The molecule has 1 atom stereocenters. The average molecular weight is 519 g/mol. The van der Waals surface area contributed by atoms with E-state index >= 15 is 0 Å². The van der Waals surface area contributed by atoms with Gasteiger partial charge in [-0.3, -0.25) is 4.79 Å². The number of aromatic nitrogens is 1. The van der Waals surface area contributed by atoms with Crippen LogP contribution < -0.4 is 29.0 Å². The molecule has 3 N–H and O–H groups in total. The first kappa shape index (κ1) is 25.3. The van der Waals surface area contributed by atoms with Crippen molar-refractivity contribution in [1.29, 1.82) is 0 Å². The van der Waals surface area contributed by atoms with Crippen LogP contribution in [0.2, 0.25) is 0 Å². The van der Waals surface area contributed by atoms with Crippen molar-refractivity contribution >= 4 is 16.8 Å². The van der Waals surface area contributed by atoms with Crippen molar-refractivity contribution in [3.63, 3.8) is 0 Å². The molecule has 198 valence electrons. The fourth-order valence-corrected chi connectivity index (χ4v) is 4.73. The molecule has 0 fully saturated rings. The summed E-state index contributed by atoms with van der Waals surface area (Å²) in [5.41, 5.74) is 3.76. The third-order valence-corrected chi connectivity index (χ3v) is 6.58. The second kappa shape index (κ2) is 10.9. The van der Waals surface area contributed by atoms with Gasteiger partial charge in [-0.05, 0) is 53.4 Å². The number of benzene rings is 3. The van der Waals surface area contributed by atoms with Gasteiger partial charge < -0.3 is 39.1 Å². The monoisotopic (exact) mass is 518 g/mol. The summed E-state index contributed by atoms with van der Waals surface area (Å²) < 4.78 is 28.2. The van der Waals surface area contributed by atoms with Crippen molar-refractivity contribution in [2.75, 3.05) is 41.2 Å². The number of nitrogens with one attached hydrogen (secondary N) is 2. The number of aliphatic hydroxyl groups is 1. The van der Waals surface area contributed by atoms with Gasteiger partial charge in [-0.15, -0.1) is 0 Å². The number of aliphatic hydroxyl groups excluding tert-OH is 1. The Balaban J connectivity index is 1.49. The number of hydrogen-bond donors (Lipinski definition) is 3. The smallest absolute Gasteiger partial charge is 0.255 e. The largest absolute Gasteiger partial charge is 0.493 e. The molecule has 9 nitrogen and oxygen atoms in total. The molecule has 4 aromatic rings. The van der Waals surface area contributed by atoms with Crippen LogP contribution in [0.4, 0.5) is 0 Å². The second-order valence-corrected chi connectivity index (χ2v) is 8.88. The van der Waals surface area contributed by atoms with Crippen LogP contribution in [0.3, 0.4) is 0 Å². The van der Waals surface area contributed by atoms with E-state index < -0.39 is 6.04 Å². The lowest BCUT2D eigenvalue weighted by molar-refractivity contribution is 0.0906. The molecule has 0 spiro atoms. The summed E-state index contributed by atoms with van der Waals surface area (Å²) in [7, 11) is 4.64. The van der Waals surface area contributed by atoms with E-state index in [2.05, 4.69) is 10.3 Å². The molecule has 0 bridgehead atoms. The van der Waals surface area contributed by atoms with Crippen LogP contribution in [-0.2, 0) is 6.42 Å². The minimum Gasteiger partial charge on any atom is -0.493 e. The maximum Gasteiger partial charge on any atom is 0.255 e. The third-order valence-electron chi connectivity index (χ3n) is 6.58. The Labute approximate surface area is 220 Å². The Morgan fingerprint density at radius 2 is 1.71 bits per heavy atom. The van der Waals surface area contributed by atoms with Gasteiger partial charge in [0.1, 0.15) is 13.2 Å². The molecule has 0 unspecified atom stereocenters. The molecule has 0 aliphatic carbocycles. The Kier molecular flexibility index (Phi) is 7.28. The zero-order valence-corrected chi connectivity index (χ0v) is 21.5. The number of hydrogen-bond acceptors (Lipinski definition) is 7. The van der Waals surface area contributed by atoms with E-state index in [9.17, 15) is 9.90 Å². The van der Waals surface area contributed by atoms with Gasteiger partial charge in [0.2, 0.25) is 5.75 Å². The van der Waals surface area contributed by atoms with Crippen LogP contribution in [0, 0.1) is 0 Å². The third kappa shape index (κ3) is 4.80. The number of aromatic amines is 1. The summed E-state index contributed by atoms with van der Waals surface area (Å²) in [6.07, 6.45) is 2.36. The van der Waals surface area contributed by atoms with Crippen molar-refractivity contribution in [2.24, 2.45) is 0 Å². The van der Waals surface area contributed by atoms with Gasteiger partial charge in [-0.2, -0.15) is 0 Å². The molecule has 5 rings (SSSR count). The highest BCUT2D eigenvalue weighted by molar-refractivity contribution is 6.00. The van der Waals surface area contributed by atoms with Crippen LogP contribution in [0.25, 0.3) is 22.0 Å². The van der Waals surface area contributed by atoms with Crippen LogP contribution in [-0.4, -0.2) is 63.2 Å². The maximum atomic E-state index is 13.6. The average Bonchev–Trinajstić information content (AvgIpc) is 3.37. The van der Waals surface area contributed by atoms with E-state index in [-0.39, 0.29) is 12.5 Å². The van der Waals surface area contributed by atoms with E-state index in [1.165, 1.54) is 0 Å². The molecule has 3 aromatic carbocycles. The van der Waals surface area contributed by atoms with Gasteiger partial charge in [0.15, 0.2) is 23.0 Å². The first-order valence-corrected chi connectivity index (χ1v) is 12.3. The van der Waals surface area contributed by atoms with Crippen LogP contribution in [0.15, 0.2) is 54.7 Å². The Bertz CT molecular complexity index is 1440. The fourth-order valence-electron chi connectivity index (χ4n) is 4.73. The highest BCUT2D eigenvalue weighted by atomic mass is 16.6. The molecule has 1 aliphatic heterocycles. The Morgan fingerprint density at radius 1 is 1.00 bits per heavy atom.